The minimum Gasteiger partial charge on any atom is -0.491 e. The SMILES string of the molecule is Cc1cccc(OCC(O)CNCCCC(C)O)c1. The van der Waals surface area contributed by atoms with Crippen LogP contribution in [0.25, 0.3) is 0 Å². The van der Waals surface area contributed by atoms with Crippen molar-refractivity contribution in [2.75, 3.05) is 19.7 Å². The third-order valence-electron chi connectivity index (χ3n) is 2.79. The van der Waals surface area contributed by atoms with E-state index in [1.165, 1.54) is 0 Å². The highest BCUT2D eigenvalue weighted by Gasteiger charge is 2.05. The molecule has 0 radical (unpaired) electrons. The number of benzene rings is 1. The number of rotatable bonds is 9. The van der Waals surface area contributed by atoms with Gasteiger partial charge in [-0.3, -0.25) is 0 Å². The average molecular weight is 267 g/mol. The molecule has 0 heterocycles. The Kier molecular flexibility index (Phi) is 7.48. The first kappa shape index (κ1) is 16.0. The molecule has 4 heteroatoms. The van der Waals surface area contributed by atoms with E-state index in [-0.39, 0.29) is 12.7 Å². The van der Waals surface area contributed by atoms with Crippen LogP contribution in [-0.2, 0) is 0 Å². The molecule has 0 amide bonds. The Morgan fingerprint density at radius 1 is 1.32 bits per heavy atom. The van der Waals surface area contributed by atoms with E-state index >= 15 is 0 Å². The monoisotopic (exact) mass is 267 g/mol. The van der Waals surface area contributed by atoms with E-state index in [1.807, 2.05) is 31.2 Å². The molecular formula is C15H25NO3. The van der Waals surface area contributed by atoms with Crippen LogP contribution in [0.15, 0.2) is 24.3 Å². The summed E-state index contributed by atoms with van der Waals surface area (Å²) in [6.45, 7) is 5.38. The average Bonchev–Trinajstić information content (AvgIpc) is 2.35. The molecule has 0 aliphatic heterocycles. The van der Waals surface area contributed by atoms with Gasteiger partial charge in [-0.15, -0.1) is 0 Å². The summed E-state index contributed by atoms with van der Waals surface area (Å²) in [6.07, 6.45) is 0.912. The molecule has 108 valence electrons. The van der Waals surface area contributed by atoms with E-state index in [0.29, 0.717) is 6.54 Å². The van der Waals surface area contributed by atoms with Crippen molar-refractivity contribution in [3.05, 3.63) is 29.8 Å². The lowest BCUT2D eigenvalue weighted by Crippen LogP contribution is -2.32. The molecule has 4 nitrogen and oxygen atoms in total. The lowest BCUT2D eigenvalue weighted by atomic mass is 10.2. The summed E-state index contributed by atoms with van der Waals surface area (Å²) in [6, 6.07) is 7.77. The number of aryl methyl sites for hydroxylation is 1. The van der Waals surface area contributed by atoms with E-state index < -0.39 is 6.10 Å². The molecule has 0 aliphatic carbocycles. The highest BCUT2D eigenvalue weighted by atomic mass is 16.5. The van der Waals surface area contributed by atoms with Gasteiger partial charge < -0.3 is 20.3 Å². The lowest BCUT2D eigenvalue weighted by Gasteiger charge is -2.13. The first-order valence-electron chi connectivity index (χ1n) is 6.84. The van der Waals surface area contributed by atoms with Gasteiger partial charge in [0.2, 0.25) is 0 Å². The fourth-order valence-electron chi connectivity index (χ4n) is 1.75. The Balaban J connectivity index is 2.09. The Morgan fingerprint density at radius 3 is 2.79 bits per heavy atom. The summed E-state index contributed by atoms with van der Waals surface area (Å²) in [7, 11) is 0. The van der Waals surface area contributed by atoms with Crippen molar-refractivity contribution >= 4 is 0 Å². The second-order valence-electron chi connectivity index (χ2n) is 4.98. The number of aliphatic hydroxyl groups excluding tert-OH is 2. The van der Waals surface area contributed by atoms with E-state index in [9.17, 15) is 5.11 Å². The molecule has 1 aromatic carbocycles. The van der Waals surface area contributed by atoms with Crippen LogP contribution in [0.3, 0.4) is 0 Å². The molecule has 0 aromatic heterocycles. The molecule has 3 N–H and O–H groups in total. The van der Waals surface area contributed by atoms with Crippen LogP contribution >= 0.6 is 0 Å². The molecule has 0 bridgehead atoms. The number of hydrogen-bond donors (Lipinski definition) is 3. The van der Waals surface area contributed by atoms with E-state index in [2.05, 4.69) is 5.32 Å². The second-order valence-corrected chi connectivity index (χ2v) is 4.98. The fraction of sp³-hybridized carbons (Fsp3) is 0.600. The summed E-state index contributed by atoms with van der Waals surface area (Å²) < 4.78 is 5.51. The fourth-order valence-corrected chi connectivity index (χ4v) is 1.75. The predicted molar refractivity (Wildman–Crippen MR) is 76.5 cm³/mol. The van der Waals surface area contributed by atoms with Gasteiger partial charge in [0.1, 0.15) is 18.5 Å². The molecule has 0 aliphatic rings. The topological polar surface area (TPSA) is 61.7 Å². The summed E-state index contributed by atoms with van der Waals surface area (Å²) >= 11 is 0. The molecule has 0 fully saturated rings. The lowest BCUT2D eigenvalue weighted by molar-refractivity contribution is 0.106. The van der Waals surface area contributed by atoms with Crippen LogP contribution < -0.4 is 10.1 Å². The number of ether oxygens (including phenoxy) is 1. The summed E-state index contributed by atoms with van der Waals surface area (Å²) in [5, 5.41) is 22.0. The van der Waals surface area contributed by atoms with Crippen molar-refractivity contribution in [1.82, 2.24) is 5.32 Å². The highest BCUT2D eigenvalue weighted by molar-refractivity contribution is 5.27. The van der Waals surface area contributed by atoms with Gasteiger partial charge in [-0.05, 0) is 50.9 Å². The van der Waals surface area contributed by atoms with E-state index in [0.717, 1.165) is 30.7 Å². The van der Waals surface area contributed by atoms with Crippen molar-refractivity contribution in [2.45, 2.75) is 38.9 Å². The van der Waals surface area contributed by atoms with Crippen LogP contribution in [-0.4, -0.2) is 42.1 Å². The Labute approximate surface area is 115 Å². The molecule has 1 aromatic rings. The van der Waals surface area contributed by atoms with Gasteiger partial charge in [-0.1, -0.05) is 12.1 Å². The molecule has 2 unspecified atom stereocenters. The molecule has 0 saturated carbocycles. The van der Waals surface area contributed by atoms with E-state index in [4.69, 9.17) is 9.84 Å². The van der Waals surface area contributed by atoms with Gasteiger partial charge in [-0.2, -0.15) is 0 Å². The number of aliphatic hydroxyl groups is 2. The maximum atomic E-state index is 9.75. The second kappa shape index (κ2) is 8.91. The number of nitrogens with one attached hydrogen (secondary N) is 1. The van der Waals surface area contributed by atoms with Gasteiger partial charge in [0, 0.05) is 6.54 Å². The van der Waals surface area contributed by atoms with Crippen LogP contribution in [0.5, 0.6) is 5.75 Å². The predicted octanol–water partition coefficient (Wildman–Crippen LogP) is 1.49. The normalized spacial score (nSPS) is 14.1. The molecule has 0 spiro atoms. The van der Waals surface area contributed by atoms with Crippen molar-refractivity contribution in [1.29, 1.82) is 0 Å². The Bertz CT molecular complexity index is 355. The summed E-state index contributed by atoms with van der Waals surface area (Å²) in [5.74, 6) is 0.785. The smallest absolute Gasteiger partial charge is 0.119 e. The van der Waals surface area contributed by atoms with Crippen molar-refractivity contribution < 1.29 is 14.9 Å². The first-order chi connectivity index (χ1) is 9.08. The minimum atomic E-state index is -0.521. The summed E-state index contributed by atoms with van der Waals surface area (Å²) in [5.41, 5.74) is 1.14. The van der Waals surface area contributed by atoms with Gasteiger partial charge in [0.05, 0.1) is 6.10 Å². The van der Waals surface area contributed by atoms with E-state index in [1.54, 1.807) is 6.92 Å². The van der Waals surface area contributed by atoms with Crippen molar-refractivity contribution in [3.63, 3.8) is 0 Å². The maximum absolute atomic E-state index is 9.75. The van der Waals surface area contributed by atoms with Crippen LogP contribution in [0, 0.1) is 6.92 Å². The van der Waals surface area contributed by atoms with Crippen LogP contribution in [0.2, 0.25) is 0 Å². The van der Waals surface area contributed by atoms with Gasteiger partial charge in [0.25, 0.3) is 0 Å². The molecular weight excluding hydrogens is 242 g/mol. The standard InChI is InChI=1S/C15H25NO3/c1-12-5-3-7-15(9-12)19-11-14(18)10-16-8-4-6-13(2)17/h3,5,7,9,13-14,16-18H,4,6,8,10-11H2,1-2H3. The molecule has 19 heavy (non-hydrogen) atoms. The number of hydrogen-bond acceptors (Lipinski definition) is 4. The molecule has 2 atom stereocenters. The Hall–Kier alpha value is -1.10. The third-order valence-corrected chi connectivity index (χ3v) is 2.79. The van der Waals surface area contributed by atoms with Gasteiger partial charge >= 0.3 is 0 Å². The molecule has 0 saturated heterocycles. The quantitative estimate of drug-likeness (QED) is 0.593. The highest BCUT2D eigenvalue weighted by Crippen LogP contribution is 2.12. The van der Waals surface area contributed by atoms with Gasteiger partial charge in [-0.25, -0.2) is 0 Å². The zero-order valence-corrected chi connectivity index (χ0v) is 11.8. The first-order valence-corrected chi connectivity index (χ1v) is 6.84. The largest absolute Gasteiger partial charge is 0.491 e. The maximum Gasteiger partial charge on any atom is 0.119 e. The van der Waals surface area contributed by atoms with Crippen LogP contribution in [0.4, 0.5) is 0 Å². The van der Waals surface area contributed by atoms with Crippen molar-refractivity contribution in [2.24, 2.45) is 0 Å². The summed E-state index contributed by atoms with van der Waals surface area (Å²) in [4.78, 5) is 0. The molecule has 1 rings (SSSR count). The van der Waals surface area contributed by atoms with Crippen molar-refractivity contribution in [3.8, 4) is 5.75 Å². The minimum absolute atomic E-state index is 0.253. The third kappa shape index (κ3) is 7.82. The zero-order chi connectivity index (χ0) is 14.1. The zero-order valence-electron chi connectivity index (χ0n) is 11.8. The van der Waals surface area contributed by atoms with Gasteiger partial charge in [0.15, 0.2) is 0 Å². The van der Waals surface area contributed by atoms with Crippen LogP contribution in [0.1, 0.15) is 25.3 Å². The Morgan fingerprint density at radius 2 is 2.11 bits per heavy atom.